The van der Waals surface area contributed by atoms with E-state index in [0.29, 0.717) is 23.6 Å². The predicted octanol–water partition coefficient (Wildman–Crippen LogP) is 3.53. The highest BCUT2D eigenvalue weighted by Crippen LogP contribution is 2.31. The van der Waals surface area contributed by atoms with E-state index in [1.807, 2.05) is 12.1 Å². The van der Waals surface area contributed by atoms with Gasteiger partial charge in [0.2, 0.25) is 5.91 Å². The van der Waals surface area contributed by atoms with Crippen molar-refractivity contribution in [1.82, 2.24) is 10.3 Å². The number of hydrogen-bond acceptors (Lipinski definition) is 5. The molecular weight excluding hydrogens is 415 g/mol. The minimum atomic E-state index is -0.296. The Kier molecular flexibility index (Phi) is 9.88. The summed E-state index contributed by atoms with van der Waals surface area (Å²) in [6, 6.07) is 10.5. The largest absolute Gasteiger partial charge is 0.455 e. The van der Waals surface area contributed by atoms with Crippen LogP contribution in [0.4, 0.5) is 5.69 Å². The van der Waals surface area contributed by atoms with Crippen molar-refractivity contribution in [3.05, 3.63) is 48.3 Å². The maximum absolute atomic E-state index is 12.6. The van der Waals surface area contributed by atoms with Gasteiger partial charge in [-0.25, -0.2) is 0 Å². The number of carbonyl (C=O) groups excluding carboxylic acids is 2. The summed E-state index contributed by atoms with van der Waals surface area (Å²) >= 11 is 0. The summed E-state index contributed by atoms with van der Waals surface area (Å²) in [5.74, 6) is 0.547. The van der Waals surface area contributed by atoms with Gasteiger partial charge in [-0.15, -0.1) is 24.8 Å². The molecule has 9 heteroatoms. The van der Waals surface area contributed by atoms with Crippen molar-refractivity contribution >= 4 is 42.3 Å². The maximum Gasteiger partial charge on any atom is 0.269 e. The molecule has 0 spiro atoms. The Balaban J connectivity index is 0.00000210. The summed E-state index contributed by atoms with van der Waals surface area (Å²) in [7, 11) is 1.54. The van der Waals surface area contributed by atoms with Crippen molar-refractivity contribution in [1.29, 1.82) is 0 Å². The zero-order chi connectivity index (χ0) is 19.2. The molecule has 29 heavy (non-hydrogen) atoms. The smallest absolute Gasteiger partial charge is 0.269 e. The summed E-state index contributed by atoms with van der Waals surface area (Å²) in [5, 5.41) is 5.48. The Morgan fingerprint density at radius 1 is 1.17 bits per heavy atom. The second-order valence-electron chi connectivity index (χ2n) is 6.67. The van der Waals surface area contributed by atoms with Gasteiger partial charge < -0.3 is 21.1 Å². The summed E-state index contributed by atoms with van der Waals surface area (Å²) < 4.78 is 5.89. The monoisotopic (exact) mass is 440 g/mol. The molecule has 1 heterocycles. The fraction of sp³-hybridized carbons (Fsp3) is 0.350. The van der Waals surface area contributed by atoms with E-state index in [4.69, 9.17) is 10.5 Å². The lowest BCUT2D eigenvalue weighted by atomic mass is 9.85. The molecule has 2 atom stereocenters. The first kappa shape index (κ1) is 24.7. The van der Waals surface area contributed by atoms with Crippen LogP contribution in [0.2, 0.25) is 0 Å². The lowest BCUT2D eigenvalue weighted by Crippen LogP contribution is -2.34. The summed E-state index contributed by atoms with van der Waals surface area (Å²) in [4.78, 5) is 28.4. The van der Waals surface area contributed by atoms with Crippen LogP contribution >= 0.6 is 24.8 Å². The first-order chi connectivity index (χ1) is 13.1. The number of hydrogen-bond donors (Lipinski definition) is 3. The van der Waals surface area contributed by atoms with E-state index in [2.05, 4.69) is 15.6 Å². The van der Waals surface area contributed by atoms with E-state index in [9.17, 15) is 9.59 Å². The van der Waals surface area contributed by atoms with E-state index in [1.54, 1.807) is 31.3 Å². The molecule has 0 bridgehead atoms. The normalized spacial score (nSPS) is 17.9. The third kappa shape index (κ3) is 6.59. The Morgan fingerprint density at radius 3 is 2.66 bits per heavy atom. The average molecular weight is 441 g/mol. The third-order valence-electron chi connectivity index (χ3n) is 4.65. The number of nitrogens with two attached hydrogens (primary N) is 1. The summed E-state index contributed by atoms with van der Waals surface area (Å²) in [6.45, 7) is 0. The molecule has 158 valence electrons. The zero-order valence-corrected chi connectivity index (χ0v) is 17.7. The third-order valence-corrected chi connectivity index (χ3v) is 4.65. The number of carbonyl (C=O) groups is 2. The van der Waals surface area contributed by atoms with Crippen LogP contribution < -0.4 is 21.1 Å². The number of halogens is 2. The predicted molar refractivity (Wildman–Crippen MR) is 117 cm³/mol. The summed E-state index contributed by atoms with van der Waals surface area (Å²) in [5.41, 5.74) is 6.84. The van der Waals surface area contributed by atoms with Gasteiger partial charge in [0.1, 0.15) is 11.4 Å². The van der Waals surface area contributed by atoms with Gasteiger partial charge in [0.15, 0.2) is 5.75 Å². The topological polar surface area (TPSA) is 106 Å². The molecule has 1 aliphatic carbocycles. The Labute approximate surface area is 182 Å². The molecule has 4 N–H and O–H groups in total. The SMILES string of the molecule is CNC(=O)c1cc(Oc2ccccc2NC(=O)C2CCCC(N)C2)ccn1.Cl.Cl. The second-order valence-corrected chi connectivity index (χ2v) is 6.67. The molecule has 1 fully saturated rings. The van der Waals surface area contributed by atoms with Crippen LogP contribution in [0.1, 0.15) is 36.2 Å². The zero-order valence-electron chi connectivity index (χ0n) is 16.1. The van der Waals surface area contributed by atoms with Gasteiger partial charge in [-0.05, 0) is 37.5 Å². The Hall–Kier alpha value is -2.35. The molecule has 0 saturated heterocycles. The van der Waals surface area contributed by atoms with Crippen LogP contribution in [0, 0.1) is 5.92 Å². The van der Waals surface area contributed by atoms with Gasteiger partial charge in [-0.2, -0.15) is 0 Å². The van der Waals surface area contributed by atoms with Gasteiger partial charge in [0.25, 0.3) is 5.91 Å². The Bertz CT molecular complexity index is 835. The molecule has 3 rings (SSSR count). The van der Waals surface area contributed by atoms with Crippen LogP contribution in [0.3, 0.4) is 0 Å². The first-order valence-electron chi connectivity index (χ1n) is 9.08. The van der Waals surface area contributed by atoms with Crippen molar-refractivity contribution in [2.45, 2.75) is 31.7 Å². The molecule has 1 aromatic carbocycles. The van der Waals surface area contributed by atoms with Gasteiger partial charge in [-0.3, -0.25) is 14.6 Å². The van der Waals surface area contributed by atoms with Crippen molar-refractivity contribution in [2.24, 2.45) is 11.7 Å². The Morgan fingerprint density at radius 2 is 1.93 bits per heavy atom. The molecular formula is C20H26Cl2N4O3. The highest BCUT2D eigenvalue weighted by molar-refractivity contribution is 5.94. The number of aromatic nitrogens is 1. The lowest BCUT2D eigenvalue weighted by molar-refractivity contribution is -0.120. The van der Waals surface area contributed by atoms with Gasteiger partial charge in [-0.1, -0.05) is 18.6 Å². The van der Waals surface area contributed by atoms with E-state index in [-0.39, 0.29) is 54.3 Å². The molecule has 2 unspecified atom stereocenters. The van der Waals surface area contributed by atoms with Crippen molar-refractivity contribution in [2.75, 3.05) is 12.4 Å². The first-order valence-corrected chi connectivity index (χ1v) is 9.08. The number of nitrogens with one attached hydrogen (secondary N) is 2. The van der Waals surface area contributed by atoms with Crippen LogP contribution in [-0.4, -0.2) is 29.9 Å². The lowest BCUT2D eigenvalue weighted by Gasteiger charge is -2.26. The summed E-state index contributed by atoms with van der Waals surface area (Å²) in [6.07, 6.45) is 5.00. The molecule has 0 radical (unpaired) electrons. The number of benzene rings is 1. The van der Waals surface area contributed by atoms with Crippen molar-refractivity contribution in [3.63, 3.8) is 0 Å². The van der Waals surface area contributed by atoms with E-state index in [1.165, 1.54) is 6.20 Å². The van der Waals surface area contributed by atoms with E-state index >= 15 is 0 Å². The van der Waals surface area contributed by atoms with E-state index < -0.39 is 0 Å². The number of amides is 2. The number of rotatable bonds is 5. The van der Waals surface area contributed by atoms with Gasteiger partial charge in [0.05, 0.1) is 5.69 Å². The maximum atomic E-state index is 12.6. The number of pyridine rings is 1. The fourth-order valence-electron chi connectivity index (χ4n) is 3.21. The number of ether oxygens (including phenoxy) is 1. The van der Waals surface area contributed by atoms with Gasteiger partial charge in [0, 0.05) is 31.3 Å². The molecule has 1 aliphatic rings. The number of para-hydroxylation sites is 2. The van der Waals surface area contributed by atoms with Crippen molar-refractivity contribution in [3.8, 4) is 11.5 Å². The molecule has 1 saturated carbocycles. The molecule has 2 aromatic rings. The van der Waals surface area contributed by atoms with E-state index in [0.717, 1.165) is 19.3 Å². The number of nitrogens with zero attached hydrogens (tertiary/aromatic N) is 1. The average Bonchev–Trinajstić information content (AvgIpc) is 2.69. The molecule has 1 aromatic heterocycles. The quantitative estimate of drug-likeness (QED) is 0.658. The number of anilines is 1. The van der Waals surface area contributed by atoms with Crippen LogP contribution in [-0.2, 0) is 4.79 Å². The van der Waals surface area contributed by atoms with Crippen LogP contribution in [0.25, 0.3) is 0 Å². The minimum absolute atomic E-state index is 0. The van der Waals surface area contributed by atoms with Crippen molar-refractivity contribution < 1.29 is 14.3 Å². The van der Waals surface area contributed by atoms with Gasteiger partial charge >= 0.3 is 0 Å². The molecule has 0 aliphatic heterocycles. The standard InChI is InChI=1S/C20H24N4O3.2ClH/c1-22-20(26)17-12-15(9-10-23-17)27-18-8-3-2-7-16(18)24-19(25)13-5-4-6-14(21)11-13;;/h2-3,7-10,12-14H,4-6,11,21H2,1H3,(H,22,26)(H,24,25);2*1H. The highest BCUT2D eigenvalue weighted by atomic mass is 35.5. The fourth-order valence-corrected chi connectivity index (χ4v) is 3.21. The van der Waals surface area contributed by atoms with Crippen LogP contribution in [0.15, 0.2) is 42.6 Å². The second kappa shape index (κ2) is 11.6. The van der Waals surface area contributed by atoms with Crippen LogP contribution in [0.5, 0.6) is 11.5 Å². The molecule has 2 amide bonds. The highest BCUT2D eigenvalue weighted by Gasteiger charge is 2.26. The minimum Gasteiger partial charge on any atom is -0.455 e. The molecule has 7 nitrogen and oxygen atoms in total.